The highest BCUT2D eigenvalue weighted by molar-refractivity contribution is 7.22. The van der Waals surface area contributed by atoms with Gasteiger partial charge in [-0.3, -0.25) is 9.69 Å². The van der Waals surface area contributed by atoms with Crippen LogP contribution in [0.15, 0.2) is 12.1 Å². The summed E-state index contributed by atoms with van der Waals surface area (Å²) >= 11 is 7.80. The molecule has 2 aromatic rings. The Bertz CT molecular complexity index is 762. The number of carbonyl (C=O) groups is 1. The van der Waals surface area contributed by atoms with Gasteiger partial charge in [-0.05, 0) is 56.2 Å². The Hall–Kier alpha value is -1.13. The number of nitrogens with zero attached hydrogens (tertiary/aromatic N) is 2. The van der Waals surface area contributed by atoms with Crippen molar-refractivity contribution in [2.75, 3.05) is 11.4 Å². The highest BCUT2D eigenvalue weighted by Crippen LogP contribution is 2.38. The van der Waals surface area contributed by atoms with Crippen molar-refractivity contribution in [2.24, 2.45) is 11.8 Å². The van der Waals surface area contributed by atoms with Crippen molar-refractivity contribution in [1.29, 1.82) is 0 Å². The van der Waals surface area contributed by atoms with Gasteiger partial charge in [0.1, 0.15) is 0 Å². The zero-order valence-corrected chi connectivity index (χ0v) is 15.6. The number of fused-ring (bicyclic) bond motifs is 1. The number of carbonyl (C=O) groups excluding carboxylic acids is 1. The molecule has 0 atom stereocenters. The minimum atomic E-state index is 0.227. The first-order chi connectivity index (χ1) is 11.6. The van der Waals surface area contributed by atoms with Crippen LogP contribution in [-0.4, -0.2) is 17.4 Å². The zero-order valence-electron chi connectivity index (χ0n) is 14.1. The summed E-state index contributed by atoms with van der Waals surface area (Å²) < 4.78 is 1.08. The van der Waals surface area contributed by atoms with Gasteiger partial charge in [0, 0.05) is 17.5 Å². The number of amides is 1. The summed E-state index contributed by atoms with van der Waals surface area (Å²) in [5.74, 6) is 1.13. The molecule has 5 heteroatoms. The maximum Gasteiger partial charge on any atom is 0.231 e. The third-order valence-corrected chi connectivity index (χ3v) is 6.47. The van der Waals surface area contributed by atoms with Crippen LogP contribution in [0.5, 0.6) is 0 Å². The molecule has 1 aromatic heterocycles. The fourth-order valence-electron chi connectivity index (χ4n) is 3.70. The largest absolute Gasteiger partial charge is 0.288 e. The summed E-state index contributed by atoms with van der Waals surface area (Å²) in [6.45, 7) is 2.87. The molecule has 4 rings (SSSR count). The van der Waals surface area contributed by atoms with Gasteiger partial charge in [0.15, 0.2) is 5.13 Å². The average molecular weight is 363 g/mol. The fourth-order valence-corrected chi connectivity index (χ4v) is 5.13. The molecule has 2 aliphatic rings. The smallest absolute Gasteiger partial charge is 0.231 e. The van der Waals surface area contributed by atoms with Crippen molar-refractivity contribution in [3.05, 3.63) is 22.7 Å². The number of benzene rings is 1. The number of thiazole rings is 1. The van der Waals surface area contributed by atoms with Crippen molar-refractivity contribution in [3.8, 4) is 0 Å². The molecule has 2 fully saturated rings. The second-order valence-corrected chi connectivity index (χ2v) is 8.74. The molecule has 24 heavy (non-hydrogen) atoms. The van der Waals surface area contributed by atoms with Crippen LogP contribution in [0.4, 0.5) is 5.13 Å². The summed E-state index contributed by atoms with van der Waals surface area (Å²) in [6.07, 6.45) is 8.49. The summed E-state index contributed by atoms with van der Waals surface area (Å²) in [6, 6.07) is 3.91. The standard InChI is InChI=1S/C19H23ClN2OS/c1-12-9-15(20)10-16-17(12)21-19(24-16)22(18(23)14-7-8-14)11-13-5-3-2-4-6-13/h9-10,13-14H,2-8,11H2,1H3. The Balaban J connectivity index is 1.66. The van der Waals surface area contributed by atoms with E-state index in [0.29, 0.717) is 5.92 Å². The van der Waals surface area contributed by atoms with Gasteiger partial charge >= 0.3 is 0 Å². The highest BCUT2D eigenvalue weighted by atomic mass is 35.5. The van der Waals surface area contributed by atoms with Crippen LogP contribution in [0.25, 0.3) is 10.2 Å². The monoisotopic (exact) mass is 362 g/mol. The SMILES string of the molecule is Cc1cc(Cl)cc2sc(N(CC3CCCCC3)C(=O)C3CC3)nc12. The van der Waals surface area contributed by atoms with Gasteiger partial charge in [0.2, 0.25) is 5.91 Å². The van der Waals surface area contributed by atoms with Gasteiger partial charge in [0.25, 0.3) is 0 Å². The fraction of sp³-hybridized carbons (Fsp3) is 0.579. The van der Waals surface area contributed by atoms with Gasteiger partial charge in [0.05, 0.1) is 10.2 Å². The highest BCUT2D eigenvalue weighted by Gasteiger charge is 2.36. The summed E-state index contributed by atoms with van der Waals surface area (Å²) in [7, 11) is 0. The molecule has 0 radical (unpaired) electrons. The van der Waals surface area contributed by atoms with E-state index in [9.17, 15) is 4.79 Å². The predicted octanol–water partition coefficient (Wildman–Crippen LogP) is 5.58. The Kier molecular flexibility index (Phi) is 4.52. The summed E-state index contributed by atoms with van der Waals surface area (Å²) in [5, 5.41) is 1.60. The second-order valence-electron chi connectivity index (χ2n) is 7.29. The average Bonchev–Trinajstić information content (AvgIpc) is 3.33. The quantitative estimate of drug-likeness (QED) is 0.711. The number of hydrogen-bond donors (Lipinski definition) is 0. The van der Waals surface area contributed by atoms with Gasteiger partial charge in [-0.15, -0.1) is 0 Å². The van der Waals surface area contributed by atoms with E-state index >= 15 is 0 Å². The number of rotatable bonds is 4. The molecule has 2 aliphatic carbocycles. The van der Waals surface area contributed by atoms with E-state index in [1.165, 1.54) is 32.1 Å². The zero-order chi connectivity index (χ0) is 16.7. The van der Waals surface area contributed by atoms with Crippen LogP contribution < -0.4 is 4.90 Å². The van der Waals surface area contributed by atoms with Crippen molar-refractivity contribution in [2.45, 2.75) is 51.9 Å². The van der Waals surface area contributed by atoms with Crippen LogP contribution in [0.3, 0.4) is 0 Å². The van der Waals surface area contributed by atoms with E-state index in [4.69, 9.17) is 16.6 Å². The lowest BCUT2D eigenvalue weighted by Crippen LogP contribution is -2.37. The first-order valence-electron chi connectivity index (χ1n) is 9.00. The minimum absolute atomic E-state index is 0.227. The lowest BCUT2D eigenvalue weighted by atomic mass is 9.89. The molecule has 1 aromatic carbocycles. The van der Waals surface area contributed by atoms with Crippen molar-refractivity contribution >= 4 is 44.2 Å². The second kappa shape index (κ2) is 6.64. The molecule has 1 heterocycles. The molecule has 2 saturated carbocycles. The summed E-state index contributed by atoms with van der Waals surface area (Å²) in [4.78, 5) is 19.7. The number of hydrogen-bond acceptors (Lipinski definition) is 3. The van der Waals surface area contributed by atoms with E-state index in [-0.39, 0.29) is 11.8 Å². The Morgan fingerprint density at radius 1 is 1.25 bits per heavy atom. The van der Waals surface area contributed by atoms with Gasteiger partial charge in [-0.2, -0.15) is 0 Å². The maximum absolute atomic E-state index is 12.9. The molecular formula is C19H23ClN2OS. The Labute approximate surface area is 152 Å². The molecule has 0 aliphatic heterocycles. The van der Waals surface area contributed by atoms with Crippen molar-refractivity contribution < 1.29 is 4.79 Å². The number of anilines is 1. The van der Waals surface area contributed by atoms with E-state index < -0.39 is 0 Å². The van der Waals surface area contributed by atoms with E-state index in [2.05, 4.69) is 0 Å². The minimum Gasteiger partial charge on any atom is -0.288 e. The van der Waals surface area contributed by atoms with Gasteiger partial charge < -0.3 is 0 Å². The third-order valence-electron chi connectivity index (χ3n) is 5.23. The lowest BCUT2D eigenvalue weighted by molar-refractivity contribution is -0.119. The maximum atomic E-state index is 12.9. The number of halogens is 1. The lowest BCUT2D eigenvalue weighted by Gasteiger charge is -2.28. The topological polar surface area (TPSA) is 33.2 Å². The molecule has 128 valence electrons. The molecule has 0 spiro atoms. The van der Waals surface area contributed by atoms with Crippen molar-refractivity contribution in [3.63, 3.8) is 0 Å². The van der Waals surface area contributed by atoms with Crippen LogP contribution in [0, 0.1) is 18.8 Å². The molecule has 0 saturated heterocycles. The molecule has 0 unspecified atom stereocenters. The normalized spacial score (nSPS) is 18.9. The van der Waals surface area contributed by atoms with Crippen LogP contribution >= 0.6 is 22.9 Å². The van der Waals surface area contributed by atoms with Crippen LogP contribution in [-0.2, 0) is 4.79 Å². The first kappa shape index (κ1) is 16.3. The molecular weight excluding hydrogens is 340 g/mol. The Morgan fingerprint density at radius 2 is 2.00 bits per heavy atom. The predicted molar refractivity (Wildman–Crippen MR) is 101 cm³/mol. The van der Waals surface area contributed by atoms with E-state index in [1.807, 2.05) is 24.0 Å². The molecule has 3 nitrogen and oxygen atoms in total. The van der Waals surface area contributed by atoms with Crippen molar-refractivity contribution in [1.82, 2.24) is 4.98 Å². The van der Waals surface area contributed by atoms with Crippen LogP contribution in [0.1, 0.15) is 50.5 Å². The number of aryl methyl sites for hydroxylation is 1. The van der Waals surface area contributed by atoms with Gasteiger partial charge in [-0.25, -0.2) is 4.98 Å². The van der Waals surface area contributed by atoms with E-state index in [0.717, 1.165) is 45.3 Å². The third kappa shape index (κ3) is 3.31. The molecule has 0 bridgehead atoms. The molecule has 1 amide bonds. The summed E-state index contributed by atoms with van der Waals surface area (Å²) in [5.41, 5.74) is 2.06. The van der Waals surface area contributed by atoms with Crippen LogP contribution in [0.2, 0.25) is 5.02 Å². The van der Waals surface area contributed by atoms with E-state index in [1.54, 1.807) is 11.3 Å². The molecule has 0 N–H and O–H groups in total. The Morgan fingerprint density at radius 3 is 2.71 bits per heavy atom. The van der Waals surface area contributed by atoms with Gasteiger partial charge in [-0.1, -0.05) is 42.2 Å². The number of aromatic nitrogens is 1. The first-order valence-corrected chi connectivity index (χ1v) is 10.2.